The van der Waals surface area contributed by atoms with E-state index in [2.05, 4.69) is 32.1 Å². The quantitative estimate of drug-likeness (QED) is 0.607. The highest BCUT2D eigenvalue weighted by atomic mass is 16.5. The maximum absolute atomic E-state index is 13.0. The summed E-state index contributed by atoms with van der Waals surface area (Å²) >= 11 is 0. The minimum absolute atomic E-state index is 0.143. The zero-order chi connectivity index (χ0) is 22.2. The van der Waals surface area contributed by atoms with Crippen LogP contribution in [0.1, 0.15) is 50.6 Å². The van der Waals surface area contributed by atoms with Gasteiger partial charge in [0.15, 0.2) is 5.82 Å². The molecule has 0 radical (unpaired) electrons. The van der Waals surface area contributed by atoms with Gasteiger partial charge in [0, 0.05) is 39.8 Å². The predicted octanol–water partition coefficient (Wildman–Crippen LogP) is 2.72. The number of benzene rings is 1. The third-order valence-corrected chi connectivity index (χ3v) is 5.79. The maximum atomic E-state index is 13.0. The summed E-state index contributed by atoms with van der Waals surface area (Å²) in [5.41, 5.74) is 1.14. The number of hydrogen-bond donors (Lipinski definition) is 0. The molecule has 1 aromatic heterocycles. The summed E-state index contributed by atoms with van der Waals surface area (Å²) < 4.78 is 10.9. The van der Waals surface area contributed by atoms with Crippen LogP contribution in [0.2, 0.25) is 0 Å². The Morgan fingerprint density at radius 3 is 2.71 bits per heavy atom. The number of hydrogen-bond acceptors (Lipinski definition) is 7. The Labute approximate surface area is 185 Å². The molecular formula is C23H35N5O3. The number of rotatable bonds is 9. The number of amides is 1. The second-order valence-electron chi connectivity index (χ2n) is 8.17. The predicted molar refractivity (Wildman–Crippen MR) is 118 cm³/mol. The first-order chi connectivity index (χ1) is 15.0. The van der Waals surface area contributed by atoms with Gasteiger partial charge in [0.05, 0.1) is 12.6 Å². The number of ether oxygens (including phenoxy) is 1. The van der Waals surface area contributed by atoms with Crippen molar-refractivity contribution in [1.29, 1.82) is 0 Å². The molecule has 1 aliphatic rings. The summed E-state index contributed by atoms with van der Waals surface area (Å²) in [6.07, 6.45) is 0.831. The molecule has 1 amide bonds. The molecular weight excluding hydrogens is 394 g/mol. The van der Waals surface area contributed by atoms with Crippen LogP contribution in [-0.4, -0.2) is 76.6 Å². The van der Waals surface area contributed by atoms with Gasteiger partial charge < -0.3 is 14.2 Å². The number of aromatic nitrogens is 2. The lowest BCUT2D eigenvalue weighted by molar-refractivity contribution is -0.135. The van der Waals surface area contributed by atoms with Gasteiger partial charge in [-0.3, -0.25) is 14.6 Å². The van der Waals surface area contributed by atoms with Crippen LogP contribution >= 0.6 is 0 Å². The molecule has 0 unspecified atom stereocenters. The second-order valence-corrected chi connectivity index (χ2v) is 8.17. The van der Waals surface area contributed by atoms with Crippen molar-refractivity contribution in [2.24, 2.45) is 0 Å². The fraction of sp³-hybridized carbons (Fsp3) is 0.609. The van der Waals surface area contributed by atoms with E-state index in [1.54, 1.807) is 0 Å². The molecule has 1 aliphatic heterocycles. The lowest BCUT2D eigenvalue weighted by Crippen LogP contribution is -2.46. The van der Waals surface area contributed by atoms with E-state index in [1.807, 2.05) is 50.9 Å². The molecule has 0 bridgehead atoms. The van der Waals surface area contributed by atoms with Crippen molar-refractivity contribution in [3.05, 3.63) is 47.6 Å². The van der Waals surface area contributed by atoms with Crippen molar-refractivity contribution in [3.8, 4) is 0 Å². The zero-order valence-electron chi connectivity index (χ0n) is 19.2. The molecule has 2 heterocycles. The summed E-state index contributed by atoms with van der Waals surface area (Å²) in [6.45, 7) is 11.3. The number of carbonyl (C=O) groups is 1. The molecule has 2 atom stereocenters. The van der Waals surface area contributed by atoms with E-state index in [0.717, 1.165) is 38.2 Å². The fourth-order valence-electron chi connectivity index (χ4n) is 3.96. The third kappa shape index (κ3) is 6.59. The third-order valence-electron chi connectivity index (χ3n) is 5.79. The molecule has 2 aromatic rings. The van der Waals surface area contributed by atoms with Crippen LogP contribution in [0.5, 0.6) is 0 Å². The summed E-state index contributed by atoms with van der Waals surface area (Å²) in [5, 5.41) is 4.05. The first kappa shape index (κ1) is 23.4. The van der Waals surface area contributed by atoms with Crippen molar-refractivity contribution in [2.75, 3.05) is 39.8 Å². The fourth-order valence-corrected chi connectivity index (χ4v) is 3.96. The van der Waals surface area contributed by atoms with Crippen molar-refractivity contribution >= 4 is 5.91 Å². The van der Waals surface area contributed by atoms with Crippen LogP contribution in [-0.2, 0) is 22.6 Å². The highest BCUT2D eigenvalue weighted by molar-refractivity contribution is 5.81. The van der Waals surface area contributed by atoms with Gasteiger partial charge >= 0.3 is 0 Å². The Hall–Kier alpha value is -2.29. The molecule has 3 rings (SSSR count). The topological polar surface area (TPSA) is 74.9 Å². The number of likely N-dealkylation sites (N-methyl/N-ethyl adjacent to an activating group) is 1. The minimum atomic E-state index is -0.165. The molecule has 0 aliphatic carbocycles. The van der Waals surface area contributed by atoms with Gasteiger partial charge in [-0.05, 0) is 39.3 Å². The molecule has 170 valence electrons. The van der Waals surface area contributed by atoms with E-state index < -0.39 is 0 Å². The highest BCUT2D eigenvalue weighted by Gasteiger charge is 2.27. The Kier molecular flexibility index (Phi) is 8.57. The summed E-state index contributed by atoms with van der Waals surface area (Å²) in [4.78, 5) is 23.9. The van der Waals surface area contributed by atoms with Gasteiger partial charge in [-0.1, -0.05) is 35.5 Å². The lowest BCUT2D eigenvalue weighted by Gasteiger charge is -2.30. The van der Waals surface area contributed by atoms with E-state index in [4.69, 9.17) is 9.26 Å². The van der Waals surface area contributed by atoms with Gasteiger partial charge in [0.25, 0.3) is 0 Å². The van der Waals surface area contributed by atoms with E-state index in [-0.39, 0.29) is 18.1 Å². The second kappa shape index (κ2) is 11.4. The monoisotopic (exact) mass is 429 g/mol. The molecule has 1 saturated heterocycles. The molecule has 8 nitrogen and oxygen atoms in total. The van der Waals surface area contributed by atoms with E-state index >= 15 is 0 Å². The van der Waals surface area contributed by atoms with Gasteiger partial charge in [-0.25, -0.2) is 0 Å². The van der Waals surface area contributed by atoms with Gasteiger partial charge in [-0.2, -0.15) is 4.98 Å². The summed E-state index contributed by atoms with van der Waals surface area (Å²) in [6, 6.07) is 9.96. The van der Waals surface area contributed by atoms with Gasteiger partial charge in [0.1, 0.15) is 6.10 Å². The normalized spacial score (nSPS) is 17.8. The number of carbonyl (C=O) groups excluding carboxylic acids is 1. The van der Waals surface area contributed by atoms with Crippen molar-refractivity contribution in [2.45, 2.75) is 52.4 Å². The summed E-state index contributed by atoms with van der Waals surface area (Å²) in [7, 11) is 1.88. The average molecular weight is 430 g/mol. The first-order valence-electron chi connectivity index (χ1n) is 11.2. The smallest absolute Gasteiger partial charge is 0.240 e. The van der Waals surface area contributed by atoms with Crippen molar-refractivity contribution in [3.63, 3.8) is 0 Å². The van der Waals surface area contributed by atoms with Crippen LogP contribution in [0.15, 0.2) is 34.9 Å². The van der Waals surface area contributed by atoms with Gasteiger partial charge in [-0.15, -0.1) is 0 Å². The average Bonchev–Trinajstić information content (AvgIpc) is 3.11. The summed E-state index contributed by atoms with van der Waals surface area (Å²) in [5.74, 6) is 1.36. The van der Waals surface area contributed by atoms with E-state index in [9.17, 15) is 4.79 Å². The lowest BCUT2D eigenvalue weighted by atomic mass is 10.2. The molecule has 8 heteroatoms. The molecule has 0 spiro atoms. The Balaban J connectivity index is 1.50. The van der Waals surface area contributed by atoms with Crippen LogP contribution in [0.25, 0.3) is 0 Å². The van der Waals surface area contributed by atoms with Crippen LogP contribution < -0.4 is 0 Å². The SMILES string of the molecule is CCO[C@H](C)c1noc(CN2CCCN([C@H](C)C(=O)N(C)Cc3ccccc3)CC2)n1. The standard InChI is InChI=1S/C23H35N5O3/c1-5-30-19(3)22-24-21(31-25-22)17-27-12-9-13-28(15-14-27)18(2)23(29)26(4)16-20-10-7-6-8-11-20/h6-8,10-11,18-19H,5,9,12-17H2,1-4H3/t18-,19-/m1/s1. The molecule has 0 saturated carbocycles. The Morgan fingerprint density at radius 1 is 1.19 bits per heavy atom. The number of nitrogens with zero attached hydrogens (tertiary/aromatic N) is 5. The Morgan fingerprint density at radius 2 is 1.97 bits per heavy atom. The van der Waals surface area contributed by atoms with Crippen LogP contribution in [0.3, 0.4) is 0 Å². The van der Waals surface area contributed by atoms with Crippen molar-refractivity contribution < 1.29 is 14.1 Å². The molecule has 1 aromatic carbocycles. The largest absolute Gasteiger partial charge is 0.371 e. The first-order valence-corrected chi connectivity index (χ1v) is 11.2. The van der Waals surface area contributed by atoms with E-state index in [1.165, 1.54) is 0 Å². The Bertz CT molecular complexity index is 813. The van der Waals surface area contributed by atoms with Crippen LogP contribution in [0, 0.1) is 0 Å². The molecule has 0 N–H and O–H groups in total. The van der Waals surface area contributed by atoms with Crippen LogP contribution in [0.4, 0.5) is 0 Å². The van der Waals surface area contributed by atoms with Gasteiger partial charge in [0.2, 0.25) is 11.8 Å². The molecule has 31 heavy (non-hydrogen) atoms. The minimum Gasteiger partial charge on any atom is -0.371 e. The van der Waals surface area contributed by atoms with E-state index in [0.29, 0.717) is 31.4 Å². The highest BCUT2D eigenvalue weighted by Crippen LogP contribution is 2.16. The maximum Gasteiger partial charge on any atom is 0.240 e. The van der Waals surface area contributed by atoms with Crippen molar-refractivity contribution in [1.82, 2.24) is 24.8 Å². The zero-order valence-corrected chi connectivity index (χ0v) is 19.2. The molecule has 1 fully saturated rings.